The van der Waals surface area contributed by atoms with Gasteiger partial charge in [-0.15, -0.1) is 0 Å². The Hall–Kier alpha value is -4.46. The van der Waals surface area contributed by atoms with Crippen molar-refractivity contribution in [1.82, 2.24) is 19.4 Å². The number of likely N-dealkylation sites (N-methyl/N-ethyl adjacent to an activating group) is 1. The van der Waals surface area contributed by atoms with Gasteiger partial charge in [-0.1, -0.05) is 53.5 Å². The molecule has 6 rings (SSSR count). The summed E-state index contributed by atoms with van der Waals surface area (Å²) in [4.78, 5) is 35.3. The molecule has 55 heavy (non-hydrogen) atoms. The molecular weight excluding hydrogens is 772 g/mol. The van der Waals surface area contributed by atoms with Crippen LogP contribution in [-0.4, -0.2) is 64.3 Å². The second-order valence-corrected chi connectivity index (χ2v) is 14.6. The second-order valence-electron chi connectivity index (χ2n) is 13.8. The highest BCUT2D eigenvalue weighted by Crippen LogP contribution is 2.37. The maximum atomic E-state index is 14.0. The summed E-state index contributed by atoms with van der Waals surface area (Å²) in [6.45, 7) is 1.95. The van der Waals surface area contributed by atoms with E-state index < -0.39 is 40.9 Å². The minimum absolute atomic E-state index is 0.0176. The molecule has 1 aromatic heterocycles. The number of para-hydroxylation sites is 2. The van der Waals surface area contributed by atoms with Crippen molar-refractivity contribution in [1.29, 1.82) is 0 Å². The Morgan fingerprint density at radius 3 is 2.11 bits per heavy atom. The van der Waals surface area contributed by atoms with E-state index in [1.54, 1.807) is 30.3 Å². The fourth-order valence-corrected chi connectivity index (χ4v) is 7.28. The van der Waals surface area contributed by atoms with Crippen LogP contribution in [-0.2, 0) is 18.9 Å². The standard InChI is InChI=1S/C40H35Cl2F7N4O2/c1-51(38(55)28-18-29(39(44,45)46)21-30(19-28)40(47,48)49)23-27(26-8-11-32(41)33(42)20-26)14-17-52-15-12-25(13-16-52)36(54)37-50-34-4-2-3-5-35(34)53(37)22-24-6-9-31(43)10-7-24/h2-11,18-21,25,27H,12-17,22-23H2,1H3. The third-order valence-electron chi connectivity index (χ3n) is 9.97. The number of hydrogen-bond donors (Lipinski definition) is 0. The van der Waals surface area contributed by atoms with Crippen LogP contribution >= 0.6 is 23.2 Å². The number of hydrogen-bond acceptors (Lipinski definition) is 4. The number of nitrogens with zero attached hydrogens (tertiary/aromatic N) is 4. The minimum atomic E-state index is -5.10. The number of carbonyl (C=O) groups is 2. The summed E-state index contributed by atoms with van der Waals surface area (Å²) in [7, 11) is 1.32. The molecule has 0 N–H and O–H groups in total. The molecule has 290 valence electrons. The molecule has 1 amide bonds. The molecular formula is C40H35Cl2F7N4O2. The number of alkyl halides is 6. The number of fused-ring (bicyclic) bond motifs is 1. The Balaban J connectivity index is 1.15. The average molecular weight is 808 g/mol. The van der Waals surface area contributed by atoms with Crippen LogP contribution in [0.4, 0.5) is 30.7 Å². The number of likely N-dealkylation sites (tertiary alicyclic amines) is 1. The predicted octanol–water partition coefficient (Wildman–Crippen LogP) is 10.4. The fourth-order valence-electron chi connectivity index (χ4n) is 6.98. The summed E-state index contributed by atoms with van der Waals surface area (Å²) in [6, 6.07) is 19.3. The highest BCUT2D eigenvalue weighted by Gasteiger charge is 2.38. The Bertz CT molecular complexity index is 2150. The quantitative estimate of drug-likeness (QED) is 0.0985. The third kappa shape index (κ3) is 9.50. The number of piperidine rings is 1. The van der Waals surface area contributed by atoms with Crippen molar-refractivity contribution in [2.75, 3.05) is 33.2 Å². The maximum Gasteiger partial charge on any atom is 0.416 e. The molecule has 0 saturated carbocycles. The first kappa shape index (κ1) is 40.2. The zero-order valence-corrected chi connectivity index (χ0v) is 30.9. The van der Waals surface area contributed by atoms with Crippen LogP contribution in [0.25, 0.3) is 11.0 Å². The number of carbonyl (C=O) groups excluding carboxylic acids is 2. The summed E-state index contributed by atoms with van der Waals surface area (Å²) in [5.74, 6) is -1.85. The van der Waals surface area contributed by atoms with Crippen LogP contribution in [0.15, 0.2) is 84.9 Å². The number of imidazole rings is 1. The molecule has 1 fully saturated rings. The van der Waals surface area contributed by atoms with E-state index in [0.29, 0.717) is 74.5 Å². The lowest BCUT2D eigenvalue weighted by Crippen LogP contribution is -2.39. The number of ketones is 1. The van der Waals surface area contributed by atoms with Crippen LogP contribution in [0.5, 0.6) is 0 Å². The van der Waals surface area contributed by atoms with Crippen LogP contribution in [0, 0.1) is 11.7 Å². The third-order valence-corrected chi connectivity index (χ3v) is 10.7. The number of benzene rings is 4. The topological polar surface area (TPSA) is 58.4 Å². The number of halogens is 9. The zero-order valence-electron chi connectivity index (χ0n) is 29.4. The van der Waals surface area contributed by atoms with Crippen LogP contribution in [0.1, 0.15) is 68.4 Å². The minimum Gasteiger partial charge on any atom is -0.341 e. The molecule has 0 bridgehead atoms. The summed E-state index contributed by atoms with van der Waals surface area (Å²) in [6.07, 6.45) is -8.67. The van der Waals surface area contributed by atoms with E-state index in [9.17, 15) is 40.3 Å². The SMILES string of the molecule is CN(CC(CCN1CCC(C(=O)c2nc3ccccc3n2Cc2ccc(F)cc2)CC1)c1ccc(Cl)c(Cl)c1)C(=O)c1cc(C(F)(F)F)cc(C(F)(F)F)c1. The van der Waals surface area contributed by atoms with Crippen LogP contribution < -0.4 is 0 Å². The molecule has 1 atom stereocenters. The number of Topliss-reactive ketones (excluding diaryl/α,β-unsaturated/α-hetero) is 1. The van der Waals surface area contributed by atoms with Gasteiger partial charge in [0.15, 0.2) is 5.82 Å². The lowest BCUT2D eigenvalue weighted by molar-refractivity contribution is -0.143. The van der Waals surface area contributed by atoms with Gasteiger partial charge in [-0.05, 0) is 105 Å². The molecule has 1 saturated heterocycles. The molecule has 15 heteroatoms. The van der Waals surface area contributed by atoms with Crippen molar-refractivity contribution in [3.8, 4) is 0 Å². The van der Waals surface area contributed by atoms with Gasteiger partial charge in [0.1, 0.15) is 5.82 Å². The molecule has 0 aliphatic carbocycles. The lowest BCUT2D eigenvalue weighted by atomic mass is 9.90. The van der Waals surface area contributed by atoms with Crippen molar-refractivity contribution >= 4 is 45.9 Å². The van der Waals surface area contributed by atoms with Crippen LogP contribution in [0.3, 0.4) is 0 Å². The highest BCUT2D eigenvalue weighted by molar-refractivity contribution is 6.42. The van der Waals surface area contributed by atoms with Crippen LogP contribution in [0.2, 0.25) is 10.0 Å². The average Bonchev–Trinajstić information content (AvgIpc) is 3.52. The predicted molar refractivity (Wildman–Crippen MR) is 196 cm³/mol. The van der Waals surface area contributed by atoms with E-state index in [-0.39, 0.29) is 40.2 Å². The van der Waals surface area contributed by atoms with Gasteiger partial charge >= 0.3 is 12.4 Å². The van der Waals surface area contributed by atoms with Gasteiger partial charge < -0.3 is 14.4 Å². The van der Waals surface area contributed by atoms with E-state index in [1.165, 1.54) is 19.2 Å². The van der Waals surface area contributed by atoms with Crippen molar-refractivity contribution in [2.24, 2.45) is 5.92 Å². The van der Waals surface area contributed by atoms with Gasteiger partial charge in [0.05, 0.1) is 32.2 Å². The Kier molecular flexibility index (Phi) is 11.9. The molecule has 1 unspecified atom stereocenters. The Morgan fingerprint density at radius 2 is 1.49 bits per heavy atom. The van der Waals surface area contributed by atoms with Gasteiger partial charge in [0.25, 0.3) is 5.91 Å². The summed E-state index contributed by atoms with van der Waals surface area (Å²) >= 11 is 12.5. The van der Waals surface area contributed by atoms with E-state index >= 15 is 0 Å². The highest BCUT2D eigenvalue weighted by atomic mass is 35.5. The number of amides is 1. The van der Waals surface area contributed by atoms with E-state index in [4.69, 9.17) is 23.2 Å². The van der Waals surface area contributed by atoms with Crippen molar-refractivity contribution in [3.63, 3.8) is 0 Å². The molecule has 4 aromatic carbocycles. The maximum absolute atomic E-state index is 14.0. The second kappa shape index (κ2) is 16.3. The Morgan fingerprint density at radius 1 is 0.855 bits per heavy atom. The van der Waals surface area contributed by atoms with E-state index in [1.807, 2.05) is 28.8 Å². The van der Waals surface area contributed by atoms with Gasteiger partial charge in [-0.3, -0.25) is 9.59 Å². The Labute approximate surface area is 322 Å². The molecule has 0 radical (unpaired) electrons. The van der Waals surface area contributed by atoms with Crippen molar-refractivity contribution in [2.45, 2.75) is 44.1 Å². The largest absolute Gasteiger partial charge is 0.416 e. The van der Waals surface area contributed by atoms with E-state index in [0.717, 1.165) is 16.0 Å². The summed E-state index contributed by atoms with van der Waals surface area (Å²) in [5.41, 5.74) is -0.929. The van der Waals surface area contributed by atoms with Gasteiger partial charge in [0.2, 0.25) is 5.78 Å². The van der Waals surface area contributed by atoms with Gasteiger partial charge in [-0.2, -0.15) is 26.3 Å². The first-order valence-corrected chi connectivity index (χ1v) is 18.2. The normalized spacial score (nSPS) is 15.0. The molecule has 1 aliphatic heterocycles. The van der Waals surface area contributed by atoms with Gasteiger partial charge in [-0.25, -0.2) is 9.37 Å². The summed E-state index contributed by atoms with van der Waals surface area (Å²) in [5, 5.41) is 0.533. The molecule has 0 spiro atoms. The van der Waals surface area contributed by atoms with Crippen molar-refractivity contribution < 1.29 is 40.3 Å². The smallest absolute Gasteiger partial charge is 0.341 e. The molecule has 1 aliphatic rings. The van der Waals surface area contributed by atoms with Gasteiger partial charge in [0, 0.05) is 37.5 Å². The monoisotopic (exact) mass is 806 g/mol. The first-order valence-electron chi connectivity index (χ1n) is 17.4. The van der Waals surface area contributed by atoms with Crippen molar-refractivity contribution in [3.05, 3.63) is 134 Å². The molecule has 6 nitrogen and oxygen atoms in total. The first-order chi connectivity index (χ1) is 26.0. The van der Waals surface area contributed by atoms with E-state index in [2.05, 4.69) is 9.88 Å². The molecule has 2 heterocycles. The summed E-state index contributed by atoms with van der Waals surface area (Å²) < 4.78 is 96.7. The number of rotatable bonds is 11. The number of aromatic nitrogens is 2. The zero-order chi connectivity index (χ0) is 39.7. The lowest BCUT2D eigenvalue weighted by Gasteiger charge is -2.33. The molecule has 5 aromatic rings. The fraction of sp³-hybridized carbons (Fsp3) is 0.325.